The second-order valence-corrected chi connectivity index (χ2v) is 7.71. The van der Waals surface area contributed by atoms with Gasteiger partial charge in [0.2, 0.25) is 0 Å². The maximum Gasteiger partial charge on any atom is 0.321 e. The number of nitrogens with zero attached hydrogens (tertiary/aromatic N) is 6. The van der Waals surface area contributed by atoms with Gasteiger partial charge in [-0.2, -0.15) is 4.52 Å². The largest absolute Gasteiger partial charge is 0.352 e. The molecule has 0 atom stereocenters. The molecule has 0 bridgehead atoms. The molecule has 2 aliphatic rings. The maximum atomic E-state index is 12.7. The fourth-order valence-electron chi connectivity index (χ4n) is 3.84. The van der Waals surface area contributed by atoms with Crippen LogP contribution < -0.4 is 10.2 Å². The predicted molar refractivity (Wildman–Crippen MR) is 111 cm³/mol. The third-order valence-electron chi connectivity index (χ3n) is 5.75. The topological polar surface area (TPSA) is 78.7 Å². The van der Waals surface area contributed by atoms with Gasteiger partial charge >= 0.3 is 6.03 Å². The number of urea groups is 1. The molecule has 3 heterocycles. The van der Waals surface area contributed by atoms with Crippen LogP contribution in [0.25, 0.3) is 5.65 Å². The van der Waals surface area contributed by atoms with Crippen molar-refractivity contribution in [3.63, 3.8) is 0 Å². The van der Waals surface area contributed by atoms with Crippen LogP contribution in [-0.4, -0.2) is 56.9 Å². The molecule has 0 spiro atoms. The summed E-state index contributed by atoms with van der Waals surface area (Å²) < 4.78 is 1.88. The van der Waals surface area contributed by atoms with Gasteiger partial charge in [-0.25, -0.2) is 4.79 Å². The van der Waals surface area contributed by atoms with E-state index in [0.29, 0.717) is 19.0 Å². The van der Waals surface area contributed by atoms with Gasteiger partial charge in [-0.1, -0.05) is 25.1 Å². The molecule has 0 unspecified atom stereocenters. The Labute approximate surface area is 169 Å². The molecule has 3 aromatic rings. The van der Waals surface area contributed by atoms with Crippen LogP contribution in [0.5, 0.6) is 0 Å². The molecule has 8 heteroatoms. The summed E-state index contributed by atoms with van der Waals surface area (Å²) >= 11 is 0. The van der Waals surface area contributed by atoms with Gasteiger partial charge in [-0.3, -0.25) is 0 Å². The zero-order valence-corrected chi connectivity index (χ0v) is 16.6. The second-order valence-electron chi connectivity index (χ2n) is 7.71. The van der Waals surface area contributed by atoms with Crippen molar-refractivity contribution in [2.75, 3.05) is 36.4 Å². The van der Waals surface area contributed by atoms with Crippen LogP contribution in [0.15, 0.2) is 36.4 Å². The molecule has 1 N–H and O–H groups in total. The molecule has 0 radical (unpaired) electrons. The number of rotatable bonds is 4. The lowest BCUT2D eigenvalue weighted by Gasteiger charge is -2.35. The number of aromatic nitrogens is 4. The number of aryl methyl sites for hydroxylation is 1. The van der Waals surface area contributed by atoms with Crippen molar-refractivity contribution in [2.24, 2.45) is 0 Å². The van der Waals surface area contributed by atoms with E-state index < -0.39 is 0 Å². The van der Waals surface area contributed by atoms with E-state index in [4.69, 9.17) is 5.10 Å². The Balaban J connectivity index is 1.25. The van der Waals surface area contributed by atoms with Crippen LogP contribution in [0.4, 0.5) is 16.3 Å². The standard InChI is InChI=1S/C21H25N7O/c1-2-15-5-3-4-6-17(15)22-21(29)27-13-11-26(12-14-27)19-10-9-18-23-24-20(16-7-8-16)28(18)25-19/h3-6,9-10,16H,2,7-8,11-14H2,1H3,(H,22,29). The molecular weight excluding hydrogens is 366 g/mol. The van der Waals surface area contributed by atoms with Crippen LogP contribution in [0.3, 0.4) is 0 Å². The number of carbonyl (C=O) groups is 1. The summed E-state index contributed by atoms with van der Waals surface area (Å²) in [6.07, 6.45) is 3.23. The Bertz CT molecular complexity index is 1030. The lowest BCUT2D eigenvalue weighted by atomic mass is 10.1. The first-order valence-electron chi connectivity index (χ1n) is 10.3. The number of para-hydroxylation sites is 1. The molecule has 29 heavy (non-hydrogen) atoms. The molecule has 1 saturated heterocycles. The van der Waals surface area contributed by atoms with Gasteiger partial charge in [-0.05, 0) is 43.0 Å². The van der Waals surface area contributed by atoms with Gasteiger partial charge < -0.3 is 15.1 Å². The van der Waals surface area contributed by atoms with Gasteiger partial charge in [0, 0.05) is 37.8 Å². The van der Waals surface area contributed by atoms with Crippen molar-refractivity contribution >= 4 is 23.2 Å². The van der Waals surface area contributed by atoms with E-state index in [1.807, 2.05) is 39.7 Å². The summed E-state index contributed by atoms with van der Waals surface area (Å²) in [5, 5.41) is 16.4. The van der Waals surface area contributed by atoms with E-state index in [0.717, 1.165) is 48.1 Å². The highest BCUT2D eigenvalue weighted by Gasteiger charge is 2.30. The number of carbonyl (C=O) groups excluding carboxylic acids is 1. The normalized spacial score (nSPS) is 17.0. The summed E-state index contributed by atoms with van der Waals surface area (Å²) in [6.45, 7) is 4.93. The molecule has 2 amide bonds. The van der Waals surface area contributed by atoms with Crippen molar-refractivity contribution in [3.05, 3.63) is 47.8 Å². The van der Waals surface area contributed by atoms with Crippen LogP contribution in [0.2, 0.25) is 0 Å². The minimum Gasteiger partial charge on any atom is -0.352 e. The summed E-state index contributed by atoms with van der Waals surface area (Å²) in [4.78, 5) is 16.8. The zero-order valence-electron chi connectivity index (χ0n) is 16.6. The van der Waals surface area contributed by atoms with E-state index in [1.54, 1.807) is 0 Å². The lowest BCUT2D eigenvalue weighted by molar-refractivity contribution is 0.208. The average molecular weight is 391 g/mol. The second kappa shape index (κ2) is 7.35. The van der Waals surface area contributed by atoms with E-state index in [-0.39, 0.29) is 6.03 Å². The highest BCUT2D eigenvalue weighted by molar-refractivity contribution is 5.90. The zero-order chi connectivity index (χ0) is 19.8. The predicted octanol–water partition coefficient (Wildman–Crippen LogP) is 2.92. The Morgan fingerprint density at radius 1 is 1.07 bits per heavy atom. The molecule has 1 saturated carbocycles. The fraction of sp³-hybridized carbons (Fsp3) is 0.429. The number of nitrogens with one attached hydrogen (secondary N) is 1. The number of hydrogen-bond donors (Lipinski definition) is 1. The van der Waals surface area contributed by atoms with Crippen LogP contribution >= 0.6 is 0 Å². The number of benzene rings is 1. The van der Waals surface area contributed by atoms with E-state index in [2.05, 4.69) is 33.4 Å². The van der Waals surface area contributed by atoms with Crippen molar-refractivity contribution in [2.45, 2.75) is 32.1 Å². The van der Waals surface area contributed by atoms with Crippen LogP contribution in [-0.2, 0) is 6.42 Å². The number of amides is 2. The number of fused-ring (bicyclic) bond motifs is 1. The smallest absolute Gasteiger partial charge is 0.321 e. The van der Waals surface area contributed by atoms with E-state index >= 15 is 0 Å². The first-order valence-corrected chi connectivity index (χ1v) is 10.3. The highest BCUT2D eigenvalue weighted by Crippen LogP contribution is 2.38. The molecule has 150 valence electrons. The van der Waals surface area contributed by atoms with Crippen molar-refractivity contribution in [3.8, 4) is 0 Å². The first-order chi connectivity index (χ1) is 14.2. The minimum absolute atomic E-state index is 0.0382. The highest BCUT2D eigenvalue weighted by atomic mass is 16.2. The summed E-state index contributed by atoms with van der Waals surface area (Å²) in [5.74, 6) is 2.38. The van der Waals surface area contributed by atoms with Gasteiger partial charge in [0.15, 0.2) is 11.5 Å². The Morgan fingerprint density at radius 3 is 2.62 bits per heavy atom. The van der Waals surface area contributed by atoms with Crippen molar-refractivity contribution in [1.29, 1.82) is 0 Å². The van der Waals surface area contributed by atoms with Gasteiger partial charge in [0.25, 0.3) is 0 Å². The molecule has 5 rings (SSSR count). The van der Waals surface area contributed by atoms with E-state index in [9.17, 15) is 4.79 Å². The summed E-state index contributed by atoms with van der Waals surface area (Å²) in [6, 6.07) is 11.9. The molecule has 2 aromatic heterocycles. The third kappa shape index (κ3) is 3.50. The quantitative estimate of drug-likeness (QED) is 0.740. The fourth-order valence-corrected chi connectivity index (χ4v) is 3.84. The average Bonchev–Trinajstić information content (AvgIpc) is 3.52. The summed E-state index contributed by atoms with van der Waals surface area (Å²) in [5.41, 5.74) is 2.84. The molecule has 1 aromatic carbocycles. The lowest BCUT2D eigenvalue weighted by Crippen LogP contribution is -2.50. The van der Waals surface area contributed by atoms with Crippen molar-refractivity contribution < 1.29 is 4.79 Å². The van der Waals surface area contributed by atoms with Crippen LogP contribution in [0, 0.1) is 0 Å². The van der Waals surface area contributed by atoms with Gasteiger partial charge in [0.05, 0.1) is 0 Å². The van der Waals surface area contributed by atoms with Crippen LogP contribution in [0.1, 0.15) is 37.1 Å². The Kier molecular flexibility index (Phi) is 4.54. The Hall–Kier alpha value is -3.16. The van der Waals surface area contributed by atoms with E-state index in [1.165, 1.54) is 12.8 Å². The number of hydrogen-bond acceptors (Lipinski definition) is 5. The summed E-state index contributed by atoms with van der Waals surface area (Å²) in [7, 11) is 0. The maximum absolute atomic E-state index is 12.7. The molecular formula is C21H25N7O. The molecule has 1 aliphatic heterocycles. The van der Waals surface area contributed by atoms with Crippen molar-refractivity contribution in [1.82, 2.24) is 24.7 Å². The monoisotopic (exact) mass is 391 g/mol. The third-order valence-corrected chi connectivity index (χ3v) is 5.75. The molecule has 8 nitrogen and oxygen atoms in total. The SMILES string of the molecule is CCc1ccccc1NC(=O)N1CCN(c2ccc3nnc(C4CC4)n3n2)CC1. The number of piperazine rings is 1. The number of anilines is 2. The van der Waals surface area contributed by atoms with Gasteiger partial charge in [0.1, 0.15) is 5.82 Å². The molecule has 2 fully saturated rings. The Morgan fingerprint density at radius 2 is 1.86 bits per heavy atom. The first kappa shape index (κ1) is 17.9. The minimum atomic E-state index is -0.0382. The molecule has 1 aliphatic carbocycles. The van der Waals surface area contributed by atoms with Gasteiger partial charge in [-0.15, -0.1) is 15.3 Å².